The van der Waals surface area contributed by atoms with Gasteiger partial charge in [0.2, 0.25) is 0 Å². The van der Waals surface area contributed by atoms with Gasteiger partial charge in [0.25, 0.3) is 5.91 Å². The van der Waals surface area contributed by atoms with Gasteiger partial charge >= 0.3 is 5.97 Å². The summed E-state index contributed by atoms with van der Waals surface area (Å²) in [7, 11) is 1.58. The number of nitrogens with zero attached hydrogens (tertiary/aromatic N) is 1. The molecule has 6 heteroatoms. The molecular weight excluding hydrogens is 334 g/mol. The monoisotopic (exact) mass is 363 g/mol. The van der Waals surface area contributed by atoms with Crippen LogP contribution >= 0.6 is 0 Å². The number of carboxylic acids is 1. The van der Waals surface area contributed by atoms with E-state index < -0.39 is 17.5 Å². The SMILES string of the molecule is COc1ccc(C(=O)N2CC[C@@H](O)[C@](CCC(C)C)(C(=O)O)C2)cc1C. The van der Waals surface area contributed by atoms with Crippen molar-refractivity contribution in [1.29, 1.82) is 0 Å². The molecule has 2 atom stereocenters. The Labute approximate surface area is 154 Å². The van der Waals surface area contributed by atoms with Gasteiger partial charge in [-0.15, -0.1) is 0 Å². The molecule has 1 amide bonds. The van der Waals surface area contributed by atoms with Crippen LogP contribution in [0.2, 0.25) is 0 Å². The second kappa shape index (κ2) is 8.08. The number of methoxy groups -OCH3 is 1. The third-order valence-electron chi connectivity index (χ3n) is 5.31. The molecule has 1 aromatic rings. The van der Waals surface area contributed by atoms with E-state index in [1.54, 1.807) is 30.2 Å². The van der Waals surface area contributed by atoms with Crippen LogP contribution in [0.25, 0.3) is 0 Å². The van der Waals surface area contributed by atoms with Crippen molar-refractivity contribution in [2.45, 2.75) is 46.1 Å². The van der Waals surface area contributed by atoms with E-state index in [1.807, 2.05) is 20.8 Å². The Morgan fingerprint density at radius 2 is 2.08 bits per heavy atom. The zero-order valence-electron chi connectivity index (χ0n) is 16.0. The van der Waals surface area contributed by atoms with Gasteiger partial charge in [0.15, 0.2) is 0 Å². The van der Waals surface area contributed by atoms with Crippen LogP contribution in [0.5, 0.6) is 5.75 Å². The predicted octanol–water partition coefficient (Wildman–Crippen LogP) is 2.72. The summed E-state index contributed by atoms with van der Waals surface area (Å²) in [6.45, 7) is 6.28. The van der Waals surface area contributed by atoms with E-state index in [2.05, 4.69) is 0 Å². The van der Waals surface area contributed by atoms with Crippen molar-refractivity contribution in [3.63, 3.8) is 0 Å². The average molecular weight is 363 g/mol. The van der Waals surface area contributed by atoms with Crippen molar-refractivity contribution in [3.8, 4) is 5.75 Å². The fourth-order valence-electron chi connectivity index (χ4n) is 3.56. The maximum absolute atomic E-state index is 12.9. The third-order valence-corrected chi connectivity index (χ3v) is 5.31. The Kier molecular flexibility index (Phi) is 6.29. The van der Waals surface area contributed by atoms with Crippen LogP contribution in [0.4, 0.5) is 0 Å². The number of aliphatic hydroxyl groups is 1. The van der Waals surface area contributed by atoms with Gasteiger partial charge in [-0.05, 0) is 55.9 Å². The van der Waals surface area contributed by atoms with Gasteiger partial charge in [-0.3, -0.25) is 9.59 Å². The Morgan fingerprint density at radius 3 is 2.62 bits per heavy atom. The molecule has 2 rings (SSSR count). The molecule has 1 saturated heterocycles. The number of carboxylic acid groups (broad SMARTS) is 1. The lowest BCUT2D eigenvalue weighted by Crippen LogP contribution is -2.57. The maximum Gasteiger partial charge on any atom is 0.314 e. The average Bonchev–Trinajstić information content (AvgIpc) is 2.60. The first-order valence-electron chi connectivity index (χ1n) is 9.06. The number of aliphatic carboxylic acids is 1. The summed E-state index contributed by atoms with van der Waals surface area (Å²) in [5.74, 6) is -0.215. The first kappa shape index (κ1) is 20.2. The van der Waals surface area contributed by atoms with E-state index in [-0.39, 0.29) is 18.9 Å². The largest absolute Gasteiger partial charge is 0.496 e. The molecule has 26 heavy (non-hydrogen) atoms. The van der Waals surface area contributed by atoms with Crippen molar-refractivity contribution in [1.82, 2.24) is 4.90 Å². The molecule has 2 N–H and O–H groups in total. The second-order valence-electron chi connectivity index (χ2n) is 7.61. The van der Waals surface area contributed by atoms with Crippen LogP contribution in [-0.4, -0.2) is 53.3 Å². The summed E-state index contributed by atoms with van der Waals surface area (Å²) in [6.07, 6.45) is 0.366. The molecule has 144 valence electrons. The lowest BCUT2D eigenvalue weighted by molar-refractivity contribution is -0.163. The molecule has 0 aliphatic carbocycles. The molecule has 0 spiro atoms. The minimum Gasteiger partial charge on any atom is -0.496 e. The molecule has 1 heterocycles. The molecular formula is C20H29NO5. The number of hydrogen-bond donors (Lipinski definition) is 2. The lowest BCUT2D eigenvalue weighted by atomic mass is 9.72. The number of hydrogen-bond acceptors (Lipinski definition) is 4. The van der Waals surface area contributed by atoms with E-state index >= 15 is 0 Å². The second-order valence-corrected chi connectivity index (χ2v) is 7.61. The molecule has 0 radical (unpaired) electrons. The number of aryl methyl sites for hydroxylation is 1. The smallest absolute Gasteiger partial charge is 0.314 e. The van der Waals surface area contributed by atoms with Gasteiger partial charge in [0.05, 0.1) is 13.2 Å². The standard InChI is InChI=1S/C20H29NO5/c1-13(2)7-9-20(19(24)25)12-21(10-8-17(20)22)18(23)15-5-6-16(26-4)14(3)11-15/h5-6,11,13,17,22H,7-10,12H2,1-4H3,(H,24,25)/t17-,20-/m1/s1. The van der Waals surface area contributed by atoms with E-state index in [1.165, 1.54) is 0 Å². The molecule has 0 aromatic heterocycles. The summed E-state index contributed by atoms with van der Waals surface area (Å²) < 4.78 is 5.22. The number of rotatable bonds is 6. The highest BCUT2D eigenvalue weighted by atomic mass is 16.5. The van der Waals surface area contributed by atoms with Crippen molar-refractivity contribution < 1.29 is 24.5 Å². The zero-order chi connectivity index (χ0) is 19.5. The van der Waals surface area contributed by atoms with E-state index in [0.717, 1.165) is 5.56 Å². The number of benzene rings is 1. The van der Waals surface area contributed by atoms with Crippen LogP contribution in [0.3, 0.4) is 0 Å². The number of ether oxygens (including phenoxy) is 1. The predicted molar refractivity (Wildman–Crippen MR) is 98.4 cm³/mol. The van der Waals surface area contributed by atoms with Crippen molar-refractivity contribution >= 4 is 11.9 Å². The van der Waals surface area contributed by atoms with Crippen molar-refractivity contribution in [2.24, 2.45) is 11.3 Å². The Bertz CT molecular complexity index is 672. The molecule has 0 unspecified atom stereocenters. The summed E-state index contributed by atoms with van der Waals surface area (Å²) in [6, 6.07) is 5.18. The minimum atomic E-state index is -1.31. The van der Waals surface area contributed by atoms with Crippen molar-refractivity contribution in [3.05, 3.63) is 29.3 Å². The van der Waals surface area contributed by atoms with Crippen LogP contribution in [0, 0.1) is 18.3 Å². The highest BCUT2D eigenvalue weighted by Crippen LogP contribution is 2.37. The summed E-state index contributed by atoms with van der Waals surface area (Å²) in [5, 5.41) is 20.3. The maximum atomic E-state index is 12.9. The molecule has 0 bridgehead atoms. The van der Waals surface area contributed by atoms with E-state index in [0.29, 0.717) is 36.6 Å². The van der Waals surface area contributed by atoms with Gasteiger partial charge in [-0.1, -0.05) is 13.8 Å². The first-order valence-corrected chi connectivity index (χ1v) is 9.06. The fourth-order valence-corrected chi connectivity index (χ4v) is 3.56. The van der Waals surface area contributed by atoms with E-state index in [4.69, 9.17) is 4.74 Å². The van der Waals surface area contributed by atoms with Crippen LogP contribution in [-0.2, 0) is 4.79 Å². The van der Waals surface area contributed by atoms with Gasteiger partial charge in [0, 0.05) is 18.7 Å². The molecule has 6 nitrogen and oxygen atoms in total. The molecule has 1 aromatic carbocycles. The minimum absolute atomic E-state index is 0.0279. The van der Waals surface area contributed by atoms with E-state index in [9.17, 15) is 19.8 Å². The lowest BCUT2D eigenvalue weighted by Gasteiger charge is -2.43. The van der Waals surface area contributed by atoms with Crippen LogP contribution in [0.15, 0.2) is 18.2 Å². The molecule has 0 saturated carbocycles. The van der Waals surface area contributed by atoms with Crippen LogP contribution in [0.1, 0.15) is 49.0 Å². The third kappa shape index (κ3) is 4.01. The number of carbonyl (C=O) groups excluding carboxylic acids is 1. The zero-order valence-corrected chi connectivity index (χ0v) is 16.0. The van der Waals surface area contributed by atoms with Gasteiger partial charge in [0.1, 0.15) is 11.2 Å². The number of carbonyl (C=O) groups is 2. The normalized spacial score (nSPS) is 23.2. The summed E-state index contributed by atoms with van der Waals surface area (Å²) in [4.78, 5) is 26.5. The quantitative estimate of drug-likeness (QED) is 0.811. The molecule has 1 aliphatic rings. The Hall–Kier alpha value is -2.08. The fraction of sp³-hybridized carbons (Fsp3) is 0.600. The van der Waals surface area contributed by atoms with Gasteiger partial charge < -0.3 is 19.8 Å². The number of aliphatic hydroxyl groups excluding tert-OH is 1. The van der Waals surface area contributed by atoms with Gasteiger partial charge in [-0.25, -0.2) is 0 Å². The van der Waals surface area contributed by atoms with Crippen molar-refractivity contribution in [2.75, 3.05) is 20.2 Å². The highest BCUT2D eigenvalue weighted by molar-refractivity contribution is 5.95. The van der Waals surface area contributed by atoms with Crippen LogP contribution < -0.4 is 4.74 Å². The first-order chi connectivity index (χ1) is 12.2. The highest BCUT2D eigenvalue weighted by Gasteiger charge is 2.49. The Balaban J connectivity index is 2.25. The number of amides is 1. The Morgan fingerprint density at radius 1 is 1.38 bits per heavy atom. The van der Waals surface area contributed by atoms with Gasteiger partial charge in [-0.2, -0.15) is 0 Å². The summed E-state index contributed by atoms with van der Waals surface area (Å²) in [5.41, 5.74) is 0.0437. The number of piperidine rings is 1. The topological polar surface area (TPSA) is 87.1 Å². The molecule has 1 aliphatic heterocycles. The number of likely N-dealkylation sites (tertiary alicyclic amines) is 1. The summed E-state index contributed by atoms with van der Waals surface area (Å²) >= 11 is 0. The molecule has 1 fully saturated rings.